The minimum absolute atomic E-state index is 0.0637. The molecule has 1 aliphatic heterocycles. The van der Waals surface area contributed by atoms with Gasteiger partial charge in [0, 0.05) is 19.6 Å². The maximum atomic E-state index is 12.3. The quantitative estimate of drug-likeness (QED) is 0.902. The van der Waals surface area contributed by atoms with E-state index in [0.29, 0.717) is 11.6 Å². The van der Waals surface area contributed by atoms with Crippen LogP contribution in [-0.2, 0) is 24.3 Å². The van der Waals surface area contributed by atoms with Gasteiger partial charge in [0.2, 0.25) is 5.91 Å². The van der Waals surface area contributed by atoms with Crippen LogP contribution >= 0.6 is 11.6 Å². The Hall–Kier alpha value is -1.07. The number of amides is 1. The van der Waals surface area contributed by atoms with Crippen LogP contribution in [0.5, 0.6) is 0 Å². The van der Waals surface area contributed by atoms with E-state index in [1.54, 1.807) is 0 Å². The van der Waals surface area contributed by atoms with Crippen molar-refractivity contribution in [3.63, 3.8) is 0 Å². The molecule has 0 spiro atoms. The zero-order valence-electron chi connectivity index (χ0n) is 12.4. The van der Waals surface area contributed by atoms with Gasteiger partial charge in [-0.05, 0) is 19.8 Å². The smallest absolute Gasteiger partial charge is 0.240 e. The predicted octanol–water partition coefficient (Wildman–Crippen LogP) is 1.83. The highest BCUT2D eigenvalue weighted by Gasteiger charge is 2.28. The Balaban J connectivity index is 2.21. The van der Waals surface area contributed by atoms with Crippen molar-refractivity contribution < 1.29 is 4.79 Å². The number of hydrogen-bond donors (Lipinski definition) is 1. The van der Waals surface area contributed by atoms with E-state index in [-0.39, 0.29) is 11.9 Å². The van der Waals surface area contributed by atoms with Gasteiger partial charge >= 0.3 is 0 Å². The first-order chi connectivity index (χ1) is 9.62. The summed E-state index contributed by atoms with van der Waals surface area (Å²) in [6.07, 6.45) is 1.63. The molecule has 1 amide bonds. The summed E-state index contributed by atoms with van der Waals surface area (Å²) in [5.74, 6) is 0.164. The molecular formula is C14H23ClN4O. The fourth-order valence-electron chi connectivity index (χ4n) is 2.62. The molecular weight excluding hydrogens is 276 g/mol. The lowest BCUT2D eigenvalue weighted by Crippen LogP contribution is -2.54. The minimum Gasteiger partial charge on any atom is -0.334 e. The zero-order chi connectivity index (χ0) is 14.7. The Morgan fingerprint density at radius 1 is 1.40 bits per heavy atom. The summed E-state index contributed by atoms with van der Waals surface area (Å²) in [5, 5.41) is 8.47. The van der Waals surface area contributed by atoms with E-state index in [4.69, 9.17) is 11.6 Å². The lowest BCUT2D eigenvalue weighted by Gasteiger charge is -2.32. The lowest BCUT2D eigenvalue weighted by atomic mass is 10.1. The van der Waals surface area contributed by atoms with E-state index in [1.807, 2.05) is 30.4 Å². The van der Waals surface area contributed by atoms with Crippen molar-refractivity contribution in [1.82, 2.24) is 20.0 Å². The molecule has 0 aliphatic carbocycles. The van der Waals surface area contributed by atoms with Crippen LogP contribution in [0.4, 0.5) is 0 Å². The third-order valence-corrected chi connectivity index (χ3v) is 4.26. The summed E-state index contributed by atoms with van der Waals surface area (Å²) in [6, 6.07) is -0.0637. The number of aryl methyl sites for hydroxylation is 2. The van der Waals surface area contributed by atoms with Crippen molar-refractivity contribution in [2.45, 2.75) is 52.7 Å². The molecule has 1 fully saturated rings. The molecule has 0 aromatic carbocycles. The second-order valence-corrected chi connectivity index (χ2v) is 5.43. The maximum Gasteiger partial charge on any atom is 0.240 e. The molecule has 2 heterocycles. The molecule has 2 rings (SSSR count). The Kier molecular flexibility index (Phi) is 5.05. The molecule has 1 aromatic heterocycles. The highest BCUT2D eigenvalue weighted by molar-refractivity contribution is 6.31. The number of piperazine rings is 1. The zero-order valence-corrected chi connectivity index (χ0v) is 13.2. The van der Waals surface area contributed by atoms with Crippen molar-refractivity contribution in [3.05, 3.63) is 16.4 Å². The Morgan fingerprint density at radius 2 is 2.15 bits per heavy atom. The first kappa shape index (κ1) is 15.3. The molecule has 1 saturated heterocycles. The van der Waals surface area contributed by atoms with Crippen LogP contribution in [0, 0.1) is 0 Å². The molecule has 0 bridgehead atoms. The van der Waals surface area contributed by atoms with Gasteiger partial charge < -0.3 is 10.2 Å². The Labute approximate surface area is 125 Å². The largest absolute Gasteiger partial charge is 0.334 e. The molecule has 1 unspecified atom stereocenters. The predicted molar refractivity (Wildman–Crippen MR) is 79.8 cm³/mol. The summed E-state index contributed by atoms with van der Waals surface area (Å²) in [4.78, 5) is 14.2. The average molecular weight is 299 g/mol. The molecule has 1 atom stereocenters. The van der Waals surface area contributed by atoms with Gasteiger partial charge in [-0.25, -0.2) is 0 Å². The van der Waals surface area contributed by atoms with Crippen molar-refractivity contribution >= 4 is 17.5 Å². The highest BCUT2D eigenvalue weighted by Crippen LogP contribution is 2.23. The van der Waals surface area contributed by atoms with E-state index >= 15 is 0 Å². The van der Waals surface area contributed by atoms with Crippen LogP contribution in [-0.4, -0.2) is 39.7 Å². The molecule has 1 aromatic rings. The van der Waals surface area contributed by atoms with Gasteiger partial charge in [0.05, 0.1) is 29.0 Å². The molecule has 0 radical (unpaired) electrons. The molecule has 1 aliphatic rings. The first-order valence-electron chi connectivity index (χ1n) is 7.38. The molecule has 20 heavy (non-hydrogen) atoms. The number of nitrogens with one attached hydrogen (secondary N) is 1. The van der Waals surface area contributed by atoms with Crippen molar-refractivity contribution in [1.29, 1.82) is 0 Å². The van der Waals surface area contributed by atoms with Crippen LogP contribution in [0.25, 0.3) is 0 Å². The molecule has 5 nitrogen and oxygen atoms in total. The van der Waals surface area contributed by atoms with Gasteiger partial charge in [0.15, 0.2) is 0 Å². The molecule has 112 valence electrons. The van der Waals surface area contributed by atoms with Gasteiger partial charge in [0.25, 0.3) is 0 Å². The SMILES string of the molecule is CCc1nn(CC)c(CN2CCNC(CC)C2=O)c1Cl. The normalized spacial score (nSPS) is 19.7. The summed E-state index contributed by atoms with van der Waals surface area (Å²) in [6.45, 7) is 8.99. The summed E-state index contributed by atoms with van der Waals surface area (Å²) in [7, 11) is 0. The van der Waals surface area contributed by atoms with Gasteiger partial charge in [-0.2, -0.15) is 5.10 Å². The lowest BCUT2D eigenvalue weighted by molar-refractivity contribution is -0.136. The molecule has 0 saturated carbocycles. The van der Waals surface area contributed by atoms with Gasteiger partial charge in [0.1, 0.15) is 0 Å². The highest BCUT2D eigenvalue weighted by atomic mass is 35.5. The first-order valence-corrected chi connectivity index (χ1v) is 7.76. The van der Waals surface area contributed by atoms with E-state index in [2.05, 4.69) is 10.4 Å². The number of carbonyl (C=O) groups excluding carboxylic acids is 1. The van der Waals surface area contributed by atoms with Crippen LogP contribution in [0.3, 0.4) is 0 Å². The molecule has 6 heteroatoms. The topological polar surface area (TPSA) is 50.2 Å². The number of carbonyl (C=O) groups is 1. The van der Waals surface area contributed by atoms with E-state index < -0.39 is 0 Å². The second kappa shape index (κ2) is 6.59. The third-order valence-electron chi connectivity index (χ3n) is 3.83. The standard InChI is InChI=1S/C14H23ClN4O/c1-4-10-13(15)12(19(6-3)17-10)9-18-8-7-16-11(5-2)14(18)20/h11,16H,4-9H2,1-3H3. The van der Waals surface area contributed by atoms with Gasteiger partial charge in [-0.15, -0.1) is 0 Å². The third kappa shape index (κ3) is 2.83. The fourth-order valence-corrected chi connectivity index (χ4v) is 2.95. The van der Waals surface area contributed by atoms with Crippen LogP contribution in [0.2, 0.25) is 5.02 Å². The summed E-state index contributed by atoms with van der Waals surface area (Å²) < 4.78 is 1.91. The summed E-state index contributed by atoms with van der Waals surface area (Å²) >= 11 is 6.41. The van der Waals surface area contributed by atoms with Gasteiger partial charge in [-0.3, -0.25) is 9.48 Å². The van der Waals surface area contributed by atoms with E-state index in [0.717, 1.165) is 43.9 Å². The minimum atomic E-state index is -0.0637. The molecule has 1 N–H and O–H groups in total. The average Bonchev–Trinajstić information content (AvgIpc) is 2.77. The number of hydrogen-bond acceptors (Lipinski definition) is 3. The maximum absolute atomic E-state index is 12.3. The monoisotopic (exact) mass is 298 g/mol. The number of rotatable bonds is 5. The fraction of sp³-hybridized carbons (Fsp3) is 0.714. The van der Waals surface area contributed by atoms with Crippen LogP contribution in [0.15, 0.2) is 0 Å². The number of nitrogens with zero attached hydrogens (tertiary/aromatic N) is 3. The Morgan fingerprint density at radius 3 is 2.75 bits per heavy atom. The summed E-state index contributed by atoms with van der Waals surface area (Å²) in [5.41, 5.74) is 1.87. The van der Waals surface area contributed by atoms with Crippen molar-refractivity contribution in [3.8, 4) is 0 Å². The van der Waals surface area contributed by atoms with E-state index in [9.17, 15) is 4.79 Å². The van der Waals surface area contributed by atoms with Crippen LogP contribution in [0.1, 0.15) is 38.6 Å². The van der Waals surface area contributed by atoms with Crippen molar-refractivity contribution in [2.24, 2.45) is 0 Å². The number of aromatic nitrogens is 2. The Bertz CT molecular complexity index is 486. The van der Waals surface area contributed by atoms with Gasteiger partial charge in [-0.1, -0.05) is 25.4 Å². The second-order valence-electron chi connectivity index (χ2n) is 5.05. The van der Waals surface area contributed by atoms with Crippen molar-refractivity contribution in [2.75, 3.05) is 13.1 Å². The number of halogens is 1. The van der Waals surface area contributed by atoms with Crippen LogP contribution < -0.4 is 5.32 Å². The van der Waals surface area contributed by atoms with E-state index in [1.165, 1.54) is 0 Å².